The van der Waals surface area contributed by atoms with Crippen LogP contribution in [0, 0.1) is 0 Å². The van der Waals surface area contributed by atoms with Crippen molar-refractivity contribution in [1.29, 1.82) is 0 Å². The van der Waals surface area contributed by atoms with Gasteiger partial charge in [-0.15, -0.1) is 0 Å². The lowest BCUT2D eigenvalue weighted by Crippen LogP contribution is -2.58. The quantitative estimate of drug-likeness (QED) is 0.586. The van der Waals surface area contributed by atoms with E-state index < -0.39 is 15.7 Å². The Bertz CT molecular complexity index is 1190. The van der Waals surface area contributed by atoms with Gasteiger partial charge < -0.3 is 20.9 Å². The van der Waals surface area contributed by atoms with Crippen LogP contribution in [0.4, 0.5) is 11.4 Å². The highest BCUT2D eigenvalue weighted by molar-refractivity contribution is 7.92. The van der Waals surface area contributed by atoms with Crippen molar-refractivity contribution < 1.29 is 17.9 Å². The third kappa shape index (κ3) is 4.40. The maximum atomic E-state index is 13.1. The summed E-state index contributed by atoms with van der Waals surface area (Å²) < 4.78 is 39.1. The highest BCUT2D eigenvalue weighted by Gasteiger charge is 2.42. The molecule has 10 nitrogen and oxygen atoms in total. The number of sulfonamides is 1. The summed E-state index contributed by atoms with van der Waals surface area (Å²) in [5, 5.41) is 0. The molecular weight excluding hydrogens is 444 g/mol. The first-order valence-electron chi connectivity index (χ1n) is 10.6. The van der Waals surface area contributed by atoms with E-state index >= 15 is 0 Å². The third-order valence-corrected chi connectivity index (χ3v) is 7.29. The second-order valence-corrected chi connectivity index (χ2v) is 9.67. The van der Waals surface area contributed by atoms with Crippen molar-refractivity contribution in [2.24, 2.45) is 21.5 Å². The maximum Gasteiger partial charge on any atom is 0.262 e. The minimum atomic E-state index is -3.89. The number of nitrogens with zero attached hydrogens (tertiary/aromatic N) is 3. The van der Waals surface area contributed by atoms with E-state index in [2.05, 4.69) is 14.7 Å². The predicted octanol–water partition coefficient (Wildman–Crippen LogP) is 2.61. The zero-order valence-corrected chi connectivity index (χ0v) is 19.4. The number of hydrogen-bond donors (Lipinski definition) is 3. The van der Waals surface area contributed by atoms with Crippen molar-refractivity contribution in [1.82, 2.24) is 0 Å². The topological polar surface area (TPSA) is 145 Å². The van der Waals surface area contributed by atoms with Crippen molar-refractivity contribution in [2.45, 2.75) is 42.7 Å². The van der Waals surface area contributed by atoms with Crippen molar-refractivity contribution in [3.63, 3.8) is 0 Å². The summed E-state index contributed by atoms with van der Waals surface area (Å²) in [6.07, 6.45) is 4.71. The summed E-state index contributed by atoms with van der Waals surface area (Å²) in [4.78, 5) is 10.7. The largest absolute Gasteiger partial charge is 0.497 e. The van der Waals surface area contributed by atoms with E-state index in [0.29, 0.717) is 17.2 Å². The average molecular weight is 473 g/mol. The van der Waals surface area contributed by atoms with Crippen LogP contribution in [0.3, 0.4) is 0 Å². The molecule has 4 rings (SSSR count). The first kappa shape index (κ1) is 22.7. The standard InChI is InChI=1S/C22H28N6O4S/c1-31-16-8-11-19(32-2)18(14-16)27-33(29,30)17-9-6-15(7-10-17)28-21(24)25-20(23)26-22(28)12-4-3-5-13-22/h6-11,14,27H,3-5,12-13H2,1-2H3,(H4,23,24,25,26). The molecule has 2 aromatic carbocycles. The Kier molecular flexibility index (Phi) is 6.07. The van der Waals surface area contributed by atoms with Gasteiger partial charge in [0.25, 0.3) is 10.0 Å². The molecular formula is C22H28N6O4S. The monoisotopic (exact) mass is 472 g/mol. The summed E-state index contributed by atoms with van der Waals surface area (Å²) in [6, 6.07) is 11.3. The molecule has 2 aliphatic rings. The smallest absolute Gasteiger partial charge is 0.262 e. The molecule has 176 valence electrons. The van der Waals surface area contributed by atoms with Crippen molar-refractivity contribution in [3.05, 3.63) is 42.5 Å². The number of rotatable bonds is 6. The van der Waals surface area contributed by atoms with Gasteiger partial charge in [-0.05, 0) is 62.1 Å². The normalized spacial score (nSPS) is 17.8. The Morgan fingerprint density at radius 3 is 2.33 bits per heavy atom. The summed E-state index contributed by atoms with van der Waals surface area (Å²) in [5.41, 5.74) is 12.6. The molecule has 1 fully saturated rings. The summed E-state index contributed by atoms with van der Waals surface area (Å²) in [7, 11) is -0.914. The number of methoxy groups -OCH3 is 2. The Hall–Kier alpha value is -3.47. The van der Waals surface area contributed by atoms with Crippen LogP contribution in [0.2, 0.25) is 0 Å². The minimum absolute atomic E-state index is 0.0874. The van der Waals surface area contributed by atoms with Gasteiger partial charge in [0.15, 0.2) is 0 Å². The van der Waals surface area contributed by atoms with Gasteiger partial charge in [-0.2, -0.15) is 4.99 Å². The second kappa shape index (κ2) is 8.81. The number of anilines is 2. The van der Waals surface area contributed by atoms with Gasteiger partial charge >= 0.3 is 0 Å². The van der Waals surface area contributed by atoms with E-state index in [0.717, 1.165) is 32.1 Å². The van der Waals surface area contributed by atoms with Gasteiger partial charge in [0.1, 0.15) is 17.2 Å². The van der Waals surface area contributed by atoms with Crippen LogP contribution in [0.15, 0.2) is 57.3 Å². The fraction of sp³-hybridized carbons (Fsp3) is 0.364. The number of aliphatic imine (C=N–C) groups is 2. The van der Waals surface area contributed by atoms with E-state index in [-0.39, 0.29) is 22.5 Å². The van der Waals surface area contributed by atoms with E-state index in [9.17, 15) is 8.42 Å². The average Bonchev–Trinajstić information content (AvgIpc) is 2.79. The predicted molar refractivity (Wildman–Crippen MR) is 128 cm³/mol. The molecule has 0 unspecified atom stereocenters. The highest BCUT2D eigenvalue weighted by atomic mass is 32.2. The fourth-order valence-electron chi connectivity index (χ4n) is 4.37. The molecule has 11 heteroatoms. The van der Waals surface area contributed by atoms with Crippen LogP contribution in [-0.2, 0) is 10.0 Å². The second-order valence-electron chi connectivity index (χ2n) is 7.98. The van der Waals surface area contributed by atoms with Gasteiger partial charge in [0, 0.05) is 11.8 Å². The molecule has 0 atom stereocenters. The molecule has 33 heavy (non-hydrogen) atoms. The first-order valence-corrected chi connectivity index (χ1v) is 12.1. The number of hydrogen-bond acceptors (Lipinski definition) is 9. The van der Waals surface area contributed by atoms with Crippen molar-refractivity contribution in [3.8, 4) is 11.5 Å². The van der Waals surface area contributed by atoms with Crippen LogP contribution in [0.5, 0.6) is 11.5 Å². The van der Waals surface area contributed by atoms with Gasteiger partial charge in [-0.1, -0.05) is 6.42 Å². The number of benzene rings is 2. The molecule has 0 amide bonds. The van der Waals surface area contributed by atoms with Crippen LogP contribution >= 0.6 is 0 Å². The van der Waals surface area contributed by atoms with Crippen LogP contribution in [0.1, 0.15) is 32.1 Å². The van der Waals surface area contributed by atoms with Crippen LogP contribution < -0.4 is 30.6 Å². The summed E-state index contributed by atoms with van der Waals surface area (Å²) in [6.45, 7) is 0. The Balaban J connectivity index is 1.63. The van der Waals surface area contributed by atoms with Crippen LogP contribution in [-0.4, -0.2) is 40.2 Å². The number of nitrogens with two attached hydrogens (primary N) is 2. The Labute approximate surface area is 193 Å². The molecule has 5 N–H and O–H groups in total. The van der Waals surface area contributed by atoms with E-state index in [1.807, 2.05) is 4.90 Å². The molecule has 0 aromatic heterocycles. The van der Waals surface area contributed by atoms with E-state index in [1.165, 1.54) is 26.4 Å². The molecule has 0 saturated heterocycles. The zero-order valence-electron chi connectivity index (χ0n) is 18.6. The molecule has 2 aromatic rings. The van der Waals surface area contributed by atoms with Crippen molar-refractivity contribution >= 4 is 33.3 Å². The molecule has 1 heterocycles. The van der Waals surface area contributed by atoms with E-state index in [1.54, 1.807) is 30.3 Å². The molecule has 0 bridgehead atoms. The molecule has 1 spiro atoms. The Morgan fingerprint density at radius 1 is 1.00 bits per heavy atom. The highest BCUT2D eigenvalue weighted by Crippen LogP contribution is 2.39. The lowest BCUT2D eigenvalue weighted by Gasteiger charge is -2.45. The van der Waals surface area contributed by atoms with Gasteiger partial charge in [0.2, 0.25) is 11.9 Å². The van der Waals surface area contributed by atoms with Gasteiger partial charge in [0.05, 0.1) is 24.8 Å². The van der Waals surface area contributed by atoms with Gasteiger partial charge in [-0.25, -0.2) is 13.4 Å². The third-order valence-electron chi connectivity index (χ3n) is 5.91. The maximum absolute atomic E-state index is 13.1. The SMILES string of the molecule is COc1ccc(OC)c(NS(=O)(=O)c2ccc(N3C(N)=NC(N)=NC34CCCCC4)cc2)c1. The minimum Gasteiger partial charge on any atom is -0.497 e. The first-order chi connectivity index (χ1) is 15.8. The molecule has 1 aliphatic carbocycles. The Morgan fingerprint density at radius 2 is 1.70 bits per heavy atom. The lowest BCUT2D eigenvalue weighted by atomic mass is 9.87. The molecule has 1 aliphatic heterocycles. The zero-order chi connectivity index (χ0) is 23.6. The number of nitrogens with one attached hydrogen (secondary N) is 1. The number of guanidine groups is 2. The van der Waals surface area contributed by atoms with Crippen LogP contribution in [0.25, 0.3) is 0 Å². The summed E-state index contributed by atoms with van der Waals surface area (Å²) >= 11 is 0. The fourth-order valence-corrected chi connectivity index (χ4v) is 5.43. The number of ether oxygens (including phenoxy) is 2. The molecule has 0 radical (unpaired) electrons. The van der Waals surface area contributed by atoms with Gasteiger partial charge in [-0.3, -0.25) is 9.62 Å². The van der Waals surface area contributed by atoms with Crippen molar-refractivity contribution in [2.75, 3.05) is 23.8 Å². The van der Waals surface area contributed by atoms with E-state index in [4.69, 9.17) is 20.9 Å². The molecule has 1 saturated carbocycles. The lowest BCUT2D eigenvalue weighted by molar-refractivity contribution is 0.305. The summed E-state index contributed by atoms with van der Waals surface area (Å²) in [5.74, 6) is 1.30.